The van der Waals surface area contributed by atoms with Crippen molar-refractivity contribution >= 4 is 0 Å². The van der Waals surface area contributed by atoms with E-state index in [0.717, 1.165) is 17.1 Å². The number of aromatic nitrogens is 3. The zero-order chi connectivity index (χ0) is 17.1. The Morgan fingerprint density at radius 2 is 1.83 bits per heavy atom. The minimum Gasteiger partial charge on any atom is -0.487 e. The highest BCUT2D eigenvalue weighted by Crippen LogP contribution is 2.28. The number of rotatable bonds is 5. The fraction of sp³-hybridized carbons (Fsp3) is 0.300. The molecule has 0 saturated carbocycles. The Morgan fingerprint density at radius 3 is 2.58 bits per heavy atom. The van der Waals surface area contributed by atoms with E-state index in [1.807, 2.05) is 18.3 Å². The van der Waals surface area contributed by atoms with Crippen molar-refractivity contribution in [3.05, 3.63) is 71.0 Å². The first-order valence-electron chi connectivity index (χ1n) is 8.24. The smallest absolute Gasteiger partial charge is 0.134 e. The normalized spacial score (nSPS) is 11.0. The molecule has 0 spiro atoms. The molecule has 0 bridgehead atoms. The predicted octanol–water partition coefficient (Wildman–Crippen LogP) is 4.59. The van der Waals surface area contributed by atoms with Gasteiger partial charge in [-0.25, -0.2) is 4.68 Å². The van der Waals surface area contributed by atoms with Crippen LogP contribution in [0.2, 0.25) is 0 Å². The molecule has 4 heteroatoms. The van der Waals surface area contributed by atoms with Crippen LogP contribution >= 0.6 is 0 Å². The standard InChI is InChI=1S/C20H23N3O/c1-14(2)19-9-8-16(4)11-20(19)24-13-17-12-23(22-21-17)18-7-5-6-15(3)10-18/h5-12,14H,13H2,1-4H3. The van der Waals surface area contributed by atoms with Crippen molar-refractivity contribution in [3.8, 4) is 11.4 Å². The number of nitrogens with zero attached hydrogens (tertiary/aromatic N) is 3. The minimum absolute atomic E-state index is 0.412. The largest absolute Gasteiger partial charge is 0.487 e. The molecular formula is C20H23N3O. The van der Waals surface area contributed by atoms with Gasteiger partial charge in [-0.1, -0.05) is 43.3 Å². The fourth-order valence-corrected chi connectivity index (χ4v) is 2.66. The van der Waals surface area contributed by atoms with Gasteiger partial charge in [0.05, 0.1) is 11.9 Å². The van der Waals surface area contributed by atoms with E-state index in [0.29, 0.717) is 12.5 Å². The van der Waals surface area contributed by atoms with Crippen LogP contribution in [0.1, 0.15) is 42.1 Å². The lowest BCUT2D eigenvalue weighted by molar-refractivity contribution is 0.296. The lowest BCUT2D eigenvalue weighted by atomic mass is 10.0. The van der Waals surface area contributed by atoms with Crippen LogP contribution in [0, 0.1) is 13.8 Å². The van der Waals surface area contributed by atoms with Gasteiger partial charge in [-0.05, 0) is 54.7 Å². The van der Waals surface area contributed by atoms with Crippen molar-refractivity contribution in [2.24, 2.45) is 0 Å². The first-order valence-corrected chi connectivity index (χ1v) is 8.24. The topological polar surface area (TPSA) is 39.9 Å². The number of benzene rings is 2. The van der Waals surface area contributed by atoms with E-state index in [9.17, 15) is 0 Å². The molecule has 0 atom stereocenters. The Balaban J connectivity index is 1.76. The molecule has 24 heavy (non-hydrogen) atoms. The van der Waals surface area contributed by atoms with Gasteiger partial charge in [0.25, 0.3) is 0 Å². The third-order valence-corrected chi connectivity index (χ3v) is 3.97. The maximum Gasteiger partial charge on any atom is 0.134 e. The Bertz CT molecular complexity index is 836. The van der Waals surface area contributed by atoms with Crippen LogP contribution in [0.25, 0.3) is 5.69 Å². The van der Waals surface area contributed by atoms with E-state index in [2.05, 4.69) is 68.3 Å². The third-order valence-electron chi connectivity index (χ3n) is 3.97. The SMILES string of the molecule is Cc1cccc(-n2cc(COc3cc(C)ccc3C(C)C)nn2)c1. The summed E-state index contributed by atoms with van der Waals surface area (Å²) in [6.07, 6.45) is 1.92. The van der Waals surface area contributed by atoms with Crippen molar-refractivity contribution in [2.75, 3.05) is 0 Å². The average Bonchev–Trinajstić information content (AvgIpc) is 3.01. The van der Waals surface area contributed by atoms with Crippen LogP contribution in [0.3, 0.4) is 0 Å². The van der Waals surface area contributed by atoms with Crippen molar-refractivity contribution in [1.82, 2.24) is 15.0 Å². The second-order valence-electron chi connectivity index (χ2n) is 6.48. The lowest BCUT2D eigenvalue weighted by Crippen LogP contribution is -2.00. The fourth-order valence-electron chi connectivity index (χ4n) is 2.66. The summed E-state index contributed by atoms with van der Waals surface area (Å²) in [5, 5.41) is 8.42. The molecule has 0 amide bonds. The Hall–Kier alpha value is -2.62. The zero-order valence-corrected chi connectivity index (χ0v) is 14.7. The lowest BCUT2D eigenvalue weighted by Gasteiger charge is -2.14. The summed E-state index contributed by atoms with van der Waals surface area (Å²) < 4.78 is 7.81. The summed E-state index contributed by atoms with van der Waals surface area (Å²) in [7, 11) is 0. The summed E-state index contributed by atoms with van der Waals surface area (Å²) in [5.74, 6) is 1.35. The molecule has 1 heterocycles. The number of ether oxygens (including phenoxy) is 1. The van der Waals surface area contributed by atoms with Gasteiger partial charge in [0.15, 0.2) is 0 Å². The second-order valence-corrected chi connectivity index (χ2v) is 6.48. The van der Waals surface area contributed by atoms with Crippen LogP contribution < -0.4 is 4.74 Å². The molecule has 0 N–H and O–H groups in total. The first-order chi connectivity index (χ1) is 11.5. The quantitative estimate of drug-likeness (QED) is 0.690. The summed E-state index contributed by atoms with van der Waals surface area (Å²) in [6, 6.07) is 14.5. The van der Waals surface area contributed by atoms with Crippen LogP contribution in [0.15, 0.2) is 48.7 Å². The molecule has 0 unspecified atom stereocenters. The Labute approximate surface area is 143 Å². The molecule has 3 aromatic rings. The molecule has 124 valence electrons. The molecule has 0 aliphatic carbocycles. The molecule has 1 aromatic heterocycles. The number of hydrogen-bond donors (Lipinski definition) is 0. The third kappa shape index (κ3) is 3.65. The molecule has 0 radical (unpaired) electrons. The number of hydrogen-bond acceptors (Lipinski definition) is 3. The van der Waals surface area contributed by atoms with Crippen LogP contribution in [0.4, 0.5) is 0 Å². The highest BCUT2D eigenvalue weighted by molar-refractivity contribution is 5.39. The number of aryl methyl sites for hydroxylation is 2. The summed E-state index contributed by atoms with van der Waals surface area (Å²) in [4.78, 5) is 0. The molecule has 2 aromatic carbocycles. The molecular weight excluding hydrogens is 298 g/mol. The highest BCUT2D eigenvalue weighted by Gasteiger charge is 2.10. The zero-order valence-electron chi connectivity index (χ0n) is 14.7. The van der Waals surface area contributed by atoms with Crippen molar-refractivity contribution < 1.29 is 4.74 Å². The van der Waals surface area contributed by atoms with Gasteiger partial charge >= 0.3 is 0 Å². The van der Waals surface area contributed by atoms with E-state index in [-0.39, 0.29) is 0 Å². The second kappa shape index (κ2) is 6.87. The van der Waals surface area contributed by atoms with E-state index >= 15 is 0 Å². The van der Waals surface area contributed by atoms with E-state index in [1.165, 1.54) is 16.7 Å². The highest BCUT2D eigenvalue weighted by atomic mass is 16.5. The Kier molecular flexibility index (Phi) is 4.65. The van der Waals surface area contributed by atoms with Crippen molar-refractivity contribution in [2.45, 2.75) is 40.2 Å². The van der Waals surface area contributed by atoms with Gasteiger partial charge in [0.1, 0.15) is 18.1 Å². The van der Waals surface area contributed by atoms with Crippen molar-refractivity contribution in [1.29, 1.82) is 0 Å². The van der Waals surface area contributed by atoms with Crippen molar-refractivity contribution in [3.63, 3.8) is 0 Å². The van der Waals surface area contributed by atoms with E-state index in [4.69, 9.17) is 4.74 Å². The summed E-state index contributed by atoms with van der Waals surface area (Å²) in [5.41, 5.74) is 5.42. The molecule has 4 nitrogen and oxygen atoms in total. The maximum absolute atomic E-state index is 6.02. The molecule has 0 aliphatic rings. The van der Waals surface area contributed by atoms with Crippen LogP contribution in [0.5, 0.6) is 5.75 Å². The van der Waals surface area contributed by atoms with E-state index in [1.54, 1.807) is 4.68 Å². The van der Waals surface area contributed by atoms with Crippen LogP contribution in [-0.4, -0.2) is 15.0 Å². The minimum atomic E-state index is 0.412. The van der Waals surface area contributed by atoms with Gasteiger partial charge in [-0.15, -0.1) is 5.10 Å². The first kappa shape index (κ1) is 16.2. The molecule has 0 aliphatic heterocycles. The van der Waals surface area contributed by atoms with Crippen LogP contribution in [-0.2, 0) is 6.61 Å². The average molecular weight is 321 g/mol. The van der Waals surface area contributed by atoms with Gasteiger partial charge in [0.2, 0.25) is 0 Å². The van der Waals surface area contributed by atoms with Gasteiger partial charge < -0.3 is 4.74 Å². The monoisotopic (exact) mass is 321 g/mol. The Morgan fingerprint density at radius 1 is 1.04 bits per heavy atom. The molecule has 0 fully saturated rings. The molecule has 0 saturated heterocycles. The maximum atomic E-state index is 6.02. The summed E-state index contributed by atoms with van der Waals surface area (Å²) in [6.45, 7) is 8.90. The van der Waals surface area contributed by atoms with E-state index < -0.39 is 0 Å². The summed E-state index contributed by atoms with van der Waals surface area (Å²) >= 11 is 0. The molecule has 3 rings (SSSR count). The van der Waals surface area contributed by atoms with Gasteiger partial charge in [-0.3, -0.25) is 0 Å². The van der Waals surface area contributed by atoms with Gasteiger partial charge in [0, 0.05) is 0 Å². The predicted molar refractivity (Wildman–Crippen MR) is 95.7 cm³/mol. The van der Waals surface area contributed by atoms with Gasteiger partial charge in [-0.2, -0.15) is 0 Å².